The topological polar surface area (TPSA) is 122 Å². The lowest BCUT2D eigenvalue weighted by Crippen LogP contribution is -2.02. The SMILES string of the molecule is C=C(C=CC(OC(C)C)=C(C)C#N)c1nc(-c2ccnc(CCCC(=O)O)c2)no1. The van der Waals surface area contributed by atoms with E-state index in [1.54, 1.807) is 31.3 Å². The molecule has 0 unspecified atom stereocenters. The number of carboxylic acids is 1. The normalized spacial score (nSPS) is 12.0. The van der Waals surface area contributed by atoms with Crippen LogP contribution in [0.1, 0.15) is 45.2 Å². The molecule has 1 N–H and O–H groups in total. The summed E-state index contributed by atoms with van der Waals surface area (Å²) >= 11 is 0. The summed E-state index contributed by atoms with van der Waals surface area (Å²) in [5.41, 5.74) is 2.39. The third-order valence-electron chi connectivity index (χ3n) is 3.93. The van der Waals surface area contributed by atoms with Gasteiger partial charge in [-0.3, -0.25) is 9.78 Å². The Hall–Kier alpha value is -3.73. The molecule has 0 fully saturated rings. The van der Waals surface area contributed by atoms with Gasteiger partial charge in [0, 0.05) is 29.4 Å². The van der Waals surface area contributed by atoms with Crippen LogP contribution in [0.3, 0.4) is 0 Å². The molecule has 30 heavy (non-hydrogen) atoms. The Morgan fingerprint density at radius 2 is 2.20 bits per heavy atom. The first-order valence-corrected chi connectivity index (χ1v) is 9.46. The fraction of sp³-hybridized carbons (Fsp3) is 0.318. The molecule has 0 radical (unpaired) electrons. The highest BCUT2D eigenvalue weighted by Crippen LogP contribution is 2.21. The van der Waals surface area contributed by atoms with E-state index in [2.05, 4.69) is 27.8 Å². The maximum atomic E-state index is 10.7. The average Bonchev–Trinajstić information content (AvgIpc) is 3.20. The number of aromatic nitrogens is 3. The number of rotatable bonds is 10. The number of hydrogen-bond acceptors (Lipinski definition) is 7. The fourth-order valence-corrected chi connectivity index (χ4v) is 2.46. The Labute approximate surface area is 175 Å². The molecule has 0 spiro atoms. The lowest BCUT2D eigenvalue weighted by molar-refractivity contribution is -0.137. The summed E-state index contributed by atoms with van der Waals surface area (Å²) in [6.45, 7) is 9.36. The van der Waals surface area contributed by atoms with Crippen molar-refractivity contribution >= 4 is 11.5 Å². The summed E-state index contributed by atoms with van der Waals surface area (Å²) in [5.74, 6) is 0.239. The van der Waals surface area contributed by atoms with Gasteiger partial charge in [-0.15, -0.1) is 0 Å². The van der Waals surface area contributed by atoms with Crippen LogP contribution in [0.5, 0.6) is 0 Å². The van der Waals surface area contributed by atoms with Crippen LogP contribution in [0.25, 0.3) is 17.0 Å². The van der Waals surface area contributed by atoms with Crippen molar-refractivity contribution in [3.05, 3.63) is 60.0 Å². The van der Waals surface area contributed by atoms with Gasteiger partial charge in [-0.05, 0) is 57.9 Å². The molecule has 0 saturated carbocycles. The Bertz CT molecular complexity index is 1010. The number of pyridine rings is 1. The third-order valence-corrected chi connectivity index (χ3v) is 3.93. The zero-order valence-electron chi connectivity index (χ0n) is 17.3. The molecular weight excluding hydrogens is 384 g/mol. The van der Waals surface area contributed by atoms with Crippen LogP contribution in [0.2, 0.25) is 0 Å². The number of aliphatic carboxylic acids is 1. The van der Waals surface area contributed by atoms with Crippen molar-refractivity contribution < 1.29 is 19.2 Å². The Balaban J connectivity index is 2.13. The second kappa shape index (κ2) is 10.7. The number of ether oxygens (including phenoxy) is 1. The van der Waals surface area contributed by atoms with Crippen LogP contribution in [0.15, 0.2) is 52.9 Å². The van der Waals surface area contributed by atoms with Crippen molar-refractivity contribution in [3.63, 3.8) is 0 Å². The molecule has 2 aromatic heterocycles. The Kier molecular flexibility index (Phi) is 8.06. The van der Waals surface area contributed by atoms with E-state index in [1.165, 1.54) is 0 Å². The summed E-state index contributed by atoms with van der Waals surface area (Å²) in [7, 11) is 0. The highest BCUT2D eigenvalue weighted by atomic mass is 16.5. The smallest absolute Gasteiger partial charge is 0.303 e. The molecule has 8 heteroatoms. The van der Waals surface area contributed by atoms with Gasteiger partial charge in [0.15, 0.2) is 0 Å². The highest BCUT2D eigenvalue weighted by molar-refractivity contribution is 5.68. The van der Waals surface area contributed by atoms with Crippen molar-refractivity contribution in [2.75, 3.05) is 0 Å². The predicted molar refractivity (Wildman–Crippen MR) is 111 cm³/mol. The van der Waals surface area contributed by atoms with Gasteiger partial charge in [0.1, 0.15) is 5.76 Å². The second-order valence-electron chi connectivity index (χ2n) is 6.83. The lowest BCUT2D eigenvalue weighted by Gasteiger charge is -2.11. The monoisotopic (exact) mass is 408 g/mol. The van der Waals surface area contributed by atoms with Crippen molar-refractivity contribution in [3.8, 4) is 17.5 Å². The molecule has 0 atom stereocenters. The van der Waals surface area contributed by atoms with E-state index < -0.39 is 5.97 Å². The highest BCUT2D eigenvalue weighted by Gasteiger charge is 2.12. The number of aryl methyl sites for hydroxylation is 1. The zero-order chi connectivity index (χ0) is 22.1. The van der Waals surface area contributed by atoms with Crippen LogP contribution in [0.4, 0.5) is 0 Å². The van der Waals surface area contributed by atoms with E-state index in [1.807, 2.05) is 19.9 Å². The predicted octanol–water partition coefficient (Wildman–Crippen LogP) is 4.33. The molecule has 2 heterocycles. The Morgan fingerprint density at radius 3 is 2.87 bits per heavy atom. The van der Waals surface area contributed by atoms with Crippen molar-refractivity contribution in [1.82, 2.24) is 15.1 Å². The zero-order valence-corrected chi connectivity index (χ0v) is 17.3. The number of hydrogen-bond donors (Lipinski definition) is 1. The van der Waals surface area contributed by atoms with E-state index in [-0.39, 0.29) is 18.4 Å². The molecule has 156 valence electrons. The average molecular weight is 408 g/mol. The first-order chi connectivity index (χ1) is 14.3. The van der Waals surface area contributed by atoms with Crippen LogP contribution in [-0.4, -0.2) is 32.3 Å². The van der Waals surface area contributed by atoms with Crippen molar-refractivity contribution in [2.24, 2.45) is 0 Å². The van der Waals surface area contributed by atoms with Crippen LogP contribution >= 0.6 is 0 Å². The number of allylic oxidation sites excluding steroid dienone is 4. The molecule has 0 aromatic carbocycles. The van der Waals surface area contributed by atoms with Crippen molar-refractivity contribution in [2.45, 2.75) is 46.1 Å². The van der Waals surface area contributed by atoms with Gasteiger partial charge in [-0.2, -0.15) is 10.2 Å². The maximum Gasteiger partial charge on any atom is 0.303 e. The van der Waals surface area contributed by atoms with E-state index in [9.17, 15) is 4.79 Å². The van der Waals surface area contributed by atoms with Gasteiger partial charge in [0.05, 0.1) is 17.7 Å². The molecule has 0 bridgehead atoms. The second-order valence-corrected chi connectivity index (χ2v) is 6.83. The minimum absolute atomic E-state index is 0.0763. The molecule has 0 aliphatic carbocycles. The third kappa shape index (κ3) is 6.71. The molecule has 2 rings (SSSR count). The van der Waals surface area contributed by atoms with Gasteiger partial charge in [0.2, 0.25) is 5.82 Å². The van der Waals surface area contributed by atoms with E-state index >= 15 is 0 Å². The summed E-state index contributed by atoms with van der Waals surface area (Å²) in [6, 6.07) is 5.63. The van der Waals surface area contributed by atoms with Crippen LogP contribution in [-0.2, 0) is 16.0 Å². The van der Waals surface area contributed by atoms with Gasteiger partial charge in [-0.25, -0.2) is 0 Å². The minimum atomic E-state index is -0.831. The first-order valence-electron chi connectivity index (χ1n) is 9.46. The summed E-state index contributed by atoms with van der Waals surface area (Å²) in [5, 5.41) is 21.9. The maximum absolute atomic E-state index is 10.7. The summed E-state index contributed by atoms with van der Waals surface area (Å²) < 4.78 is 10.9. The number of carboxylic acid groups (broad SMARTS) is 1. The van der Waals surface area contributed by atoms with Gasteiger partial charge in [-0.1, -0.05) is 11.7 Å². The Morgan fingerprint density at radius 1 is 1.43 bits per heavy atom. The molecule has 0 aliphatic heterocycles. The molecule has 0 saturated heterocycles. The number of nitrogens with zero attached hydrogens (tertiary/aromatic N) is 4. The standard InChI is InChI=1S/C22H24N4O4/c1-14(2)29-19(16(4)13-23)9-8-15(3)22-25-21(26-30-22)17-10-11-24-18(12-17)6-5-7-20(27)28/h8-12,14H,3,5-7H2,1-2,4H3,(H,27,28). The largest absolute Gasteiger partial charge is 0.490 e. The molecule has 0 amide bonds. The van der Waals surface area contributed by atoms with E-state index in [0.717, 1.165) is 5.69 Å². The molecule has 8 nitrogen and oxygen atoms in total. The minimum Gasteiger partial charge on any atom is -0.490 e. The molecule has 0 aliphatic rings. The lowest BCUT2D eigenvalue weighted by atomic mass is 10.1. The van der Waals surface area contributed by atoms with Crippen molar-refractivity contribution in [1.29, 1.82) is 5.26 Å². The van der Waals surface area contributed by atoms with Gasteiger partial charge >= 0.3 is 5.97 Å². The first kappa shape index (κ1) is 22.6. The van der Waals surface area contributed by atoms with Crippen LogP contribution in [0, 0.1) is 11.3 Å². The van der Waals surface area contributed by atoms with E-state index in [0.29, 0.717) is 41.1 Å². The molecular formula is C22H24N4O4. The summed E-state index contributed by atoms with van der Waals surface area (Å²) in [6.07, 6.45) is 5.99. The fourth-order valence-electron chi connectivity index (χ4n) is 2.46. The number of carbonyl (C=O) groups is 1. The van der Waals surface area contributed by atoms with E-state index in [4.69, 9.17) is 19.6 Å². The quantitative estimate of drug-likeness (QED) is 0.350. The molecule has 2 aromatic rings. The van der Waals surface area contributed by atoms with Gasteiger partial charge in [0.25, 0.3) is 5.89 Å². The van der Waals surface area contributed by atoms with Gasteiger partial charge < -0.3 is 14.4 Å². The summed E-state index contributed by atoms with van der Waals surface area (Å²) in [4.78, 5) is 19.3. The van der Waals surface area contributed by atoms with Crippen LogP contribution < -0.4 is 0 Å². The number of nitriles is 1.